The largest absolute Gasteiger partial charge is 0.384 e. The molecule has 2 rings (SSSR count). The average molecular weight is 229 g/mol. The summed E-state index contributed by atoms with van der Waals surface area (Å²) < 4.78 is 1.86. The first-order valence-corrected chi connectivity index (χ1v) is 6.04. The van der Waals surface area contributed by atoms with Gasteiger partial charge in [-0.05, 0) is 31.4 Å². The van der Waals surface area contributed by atoms with Crippen LogP contribution in [0.5, 0.6) is 0 Å². The third kappa shape index (κ3) is 2.18. The lowest BCUT2D eigenvalue weighted by atomic mass is 10.1. The molecule has 0 aliphatic heterocycles. The van der Waals surface area contributed by atoms with E-state index in [0.717, 1.165) is 24.2 Å². The number of hydrogen-bond donors (Lipinski definition) is 1. The number of nitrogen functional groups attached to an aromatic ring is 1. The lowest BCUT2D eigenvalue weighted by Gasteiger charge is -2.10. The van der Waals surface area contributed by atoms with E-state index in [1.54, 1.807) is 0 Å². The summed E-state index contributed by atoms with van der Waals surface area (Å²) in [6.45, 7) is 6.32. The fourth-order valence-corrected chi connectivity index (χ4v) is 2.14. The zero-order valence-electron chi connectivity index (χ0n) is 10.7. The molecule has 90 valence electrons. The van der Waals surface area contributed by atoms with E-state index >= 15 is 0 Å². The van der Waals surface area contributed by atoms with Crippen molar-refractivity contribution in [2.75, 3.05) is 5.73 Å². The molecule has 3 heteroatoms. The molecule has 0 aliphatic rings. The molecule has 0 bridgehead atoms. The summed E-state index contributed by atoms with van der Waals surface area (Å²) in [4.78, 5) is 0. The second-order valence-corrected chi connectivity index (χ2v) is 4.46. The third-order valence-corrected chi connectivity index (χ3v) is 2.94. The summed E-state index contributed by atoms with van der Waals surface area (Å²) in [5, 5.41) is 4.58. The molecule has 0 atom stereocenters. The van der Waals surface area contributed by atoms with Crippen molar-refractivity contribution >= 4 is 5.82 Å². The number of rotatable bonds is 3. The topological polar surface area (TPSA) is 43.8 Å². The van der Waals surface area contributed by atoms with E-state index in [9.17, 15) is 0 Å². The van der Waals surface area contributed by atoms with Crippen LogP contribution < -0.4 is 5.73 Å². The van der Waals surface area contributed by atoms with Crippen molar-refractivity contribution in [3.05, 3.63) is 41.1 Å². The Labute approximate surface area is 102 Å². The number of nitrogens with two attached hydrogens (primary N) is 1. The predicted octanol–water partition coefficient (Wildman–Crippen LogP) is 3.02. The van der Waals surface area contributed by atoms with Crippen LogP contribution in [0.1, 0.15) is 30.2 Å². The highest BCUT2D eigenvalue weighted by molar-refractivity contribution is 5.51. The Hall–Kier alpha value is -1.77. The third-order valence-electron chi connectivity index (χ3n) is 2.94. The number of aromatic nitrogens is 2. The fraction of sp³-hybridized carbons (Fsp3) is 0.357. The van der Waals surface area contributed by atoms with Crippen LogP contribution in [0.15, 0.2) is 24.3 Å². The van der Waals surface area contributed by atoms with Gasteiger partial charge in [0.15, 0.2) is 0 Å². The summed E-state index contributed by atoms with van der Waals surface area (Å²) in [6.07, 6.45) is 2.06. The van der Waals surface area contributed by atoms with Gasteiger partial charge in [-0.15, -0.1) is 0 Å². The van der Waals surface area contributed by atoms with E-state index in [0.29, 0.717) is 5.82 Å². The Kier molecular flexibility index (Phi) is 3.18. The lowest BCUT2D eigenvalue weighted by molar-refractivity contribution is 0.804. The Morgan fingerprint density at radius 1 is 1.24 bits per heavy atom. The number of hydrogen-bond acceptors (Lipinski definition) is 2. The van der Waals surface area contributed by atoms with Crippen LogP contribution in [0.4, 0.5) is 5.82 Å². The molecule has 0 unspecified atom stereocenters. The zero-order chi connectivity index (χ0) is 12.4. The second kappa shape index (κ2) is 4.62. The standard InChI is InChI=1S/C14H19N3/c1-4-6-12-9-13(15)17(16-12)14-10(2)7-5-8-11(14)3/h5,7-9H,4,6,15H2,1-3H3. The predicted molar refractivity (Wildman–Crippen MR) is 71.4 cm³/mol. The molecule has 0 spiro atoms. The molecule has 1 aromatic heterocycles. The van der Waals surface area contributed by atoms with Crippen LogP contribution in [0.3, 0.4) is 0 Å². The first-order valence-electron chi connectivity index (χ1n) is 6.04. The van der Waals surface area contributed by atoms with E-state index in [2.05, 4.69) is 44.1 Å². The quantitative estimate of drug-likeness (QED) is 0.879. The monoisotopic (exact) mass is 229 g/mol. The number of benzene rings is 1. The van der Waals surface area contributed by atoms with Crippen LogP contribution in [-0.2, 0) is 6.42 Å². The highest BCUT2D eigenvalue weighted by atomic mass is 15.3. The maximum absolute atomic E-state index is 6.04. The fourth-order valence-electron chi connectivity index (χ4n) is 2.14. The van der Waals surface area contributed by atoms with Crippen LogP contribution in [0, 0.1) is 13.8 Å². The van der Waals surface area contributed by atoms with Crippen molar-refractivity contribution in [2.24, 2.45) is 0 Å². The van der Waals surface area contributed by atoms with Crippen LogP contribution in [0.25, 0.3) is 5.69 Å². The van der Waals surface area contributed by atoms with Crippen molar-refractivity contribution in [3.8, 4) is 5.69 Å². The van der Waals surface area contributed by atoms with Gasteiger partial charge >= 0.3 is 0 Å². The Bertz CT molecular complexity index is 506. The Morgan fingerprint density at radius 2 is 1.88 bits per heavy atom. The SMILES string of the molecule is CCCc1cc(N)n(-c2c(C)cccc2C)n1. The van der Waals surface area contributed by atoms with E-state index in [4.69, 9.17) is 5.73 Å². The molecular formula is C14H19N3. The molecule has 0 saturated carbocycles. The molecule has 0 saturated heterocycles. The highest BCUT2D eigenvalue weighted by Crippen LogP contribution is 2.22. The molecule has 0 aliphatic carbocycles. The van der Waals surface area contributed by atoms with Crippen LogP contribution in [0.2, 0.25) is 0 Å². The van der Waals surface area contributed by atoms with E-state index < -0.39 is 0 Å². The van der Waals surface area contributed by atoms with Crippen molar-refractivity contribution < 1.29 is 0 Å². The zero-order valence-corrected chi connectivity index (χ0v) is 10.7. The minimum atomic E-state index is 0.714. The lowest BCUT2D eigenvalue weighted by Crippen LogP contribution is -2.05. The summed E-state index contributed by atoms with van der Waals surface area (Å²) >= 11 is 0. The van der Waals surface area contributed by atoms with Gasteiger partial charge in [0.1, 0.15) is 5.82 Å². The van der Waals surface area contributed by atoms with Gasteiger partial charge < -0.3 is 5.73 Å². The number of para-hydroxylation sites is 1. The molecule has 17 heavy (non-hydrogen) atoms. The summed E-state index contributed by atoms with van der Waals surface area (Å²) in [6, 6.07) is 8.20. The van der Waals surface area contributed by atoms with Crippen molar-refractivity contribution in [1.29, 1.82) is 0 Å². The normalized spacial score (nSPS) is 10.8. The highest BCUT2D eigenvalue weighted by Gasteiger charge is 2.10. The first-order chi connectivity index (χ1) is 8.13. The average Bonchev–Trinajstić information content (AvgIpc) is 2.60. The maximum Gasteiger partial charge on any atom is 0.127 e. The summed E-state index contributed by atoms with van der Waals surface area (Å²) in [5.41, 5.74) is 10.6. The molecule has 0 radical (unpaired) electrons. The van der Waals surface area contributed by atoms with Gasteiger partial charge in [-0.25, -0.2) is 4.68 Å². The molecule has 1 heterocycles. The van der Waals surface area contributed by atoms with Crippen molar-refractivity contribution in [1.82, 2.24) is 9.78 Å². The van der Waals surface area contributed by atoms with E-state index in [1.807, 2.05) is 10.7 Å². The Morgan fingerprint density at radius 3 is 2.47 bits per heavy atom. The smallest absolute Gasteiger partial charge is 0.127 e. The summed E-state index contributed by atoms with van der Waals surface area (Å²) in [5.74, 6) is 0.714. The molecule has 2 N–H and O–H groups in total. The molecule has 0 fully saturated rings. The molecule has 2 aromatic rings. The number of aryl methyl sites for hydroxylation is 3. The summed E-state index contributed by atoms with van der Waals surface area (Å²) in [7, 11) is 0. The van der Waals surface area contributed by atoms with Crippen molar-refractivity contribution in [2.45, 2.75) is 33.6 Å². The van der Waals surface area contributed by atoms with Gasteiger partial charge in [-0.2, -0.15) is 5.10 Å². The minimum Gasteiger partial charge on any atom is -0.384 e. The minimum absolute atomic E-state index is 0.714. The second-order valence-electron chi connectivity index (χ2n) is 4.46. The molecule has 1 aromatic carbocycles. The van der Waals surface area contributed by atoms with Gasteiger partial charge in [-0.1, -0.05) is 31.5 Å². The first kappa shape index (κ1) is 11.7. The molecular weight excluding hydrogens is 210 g/mol. The van der Waals surface area contributed by atoms with Gasteiger partial charge in [0.25, 0.3) is 0 Å². The van der Waals surface area contributed by atoms with Crippen LogP contribution >= 0.6 is 0 Å². The van der Waals surface area contributed by atoms with Crippen LogP contribution in [-0.4, -0.2) is 9.78 Å². The van der Waals surface area contributed by atoms with Gasteiger partial charge in [0.2, 0.25) is 0 Å². The van der Waals surface area contributed by atoms with E-state index in [-0.39, 0.29) is 0 Å². The van der Waals surface area contributed by atoms with Gasteiger partial charge in [-0.3, -0.25) is 0 Å². The molecule has 3 nitrogen and oxygen atoms in total. The van der Waals surface area contributed by atoms with Gasteiger partial charge in [0.05, 0.1) is 11.4 Å². The van der Waals surface area contributed by atoms with E-state index in [1.165, 1.54) is 11.1 Å². The van der Waals surface area contributed by atoms with Crippen molar-refractivity contribution in [3.63, 3.8) is 0 Å². The number of nitrogens with zero attached hydrogens (tertiary/aromatic N) is 2. The van der Waals surface area contributed by atoms with Gasteiger partial charge in [0, 0.05) is 6.07 Å². The maximum atomic E-state index is 6.04. The Balaban J connectivity index is 2.52. The number of anilines is 1. The molecule has 0 amide bonds.